The fourth-order valence-corrected chi connectivity index (χ4v) is 4.19. The smallest absolute Gasteiger partial charge is 0.254 e. The van der Waals surface area contributed by atoms with Crippen molar-refractivity contribution in [2.45, 2.75) is 12.5 Å². The second kappa shape index (κ2) is 9.87. The van der Waals surface area contributed by atoms with Crippen LogP contribution in [0.15, 0.2) is 60.7 Å². The Morgan fingerprint density at radius 1 is 0.767 bits per heavy atom. The molecule has 2 fully saturated rings. The highest BCUT2D eigenvalue weighted by atomic mass is 16.5. The van der Waals surface area contributed by atoms with Crippen molar-refractivity contribution in [3.05, 3.63) is 71.8 Å². The number of benzene rings is 2. The van der Waals surface area contributed by atoms with Crippen molar-refractivity contribution >= 4 is 11.8 Å². The molecular formula is C24H29N3O3. The van der Waals surface area contributed by atoms with E-state index >= 15 is 0 Å². The predicted octanol–water partition coefficient (Wildman–Crippen LogP) is 2.38. The highest BCUT2D eigenvalue weighted by molar-refractivity contribution is 5.94. The van der Waals surface area contributed by atoms with E-state index in [0.717, 1.165) is 43.7 Å². The van der Waals surface area contributed by atoms with E-state index in [1.54, 1.807) is 0 Å². The summed E-state index contributed by atoms with van der Waals surface area (Å²) in [6.07, 6.45) is 0.945. The van der Waals surface area contributed by atoms with Crippen molar-refractivity contribution < 1.29 is 14.3 Å². The number of hydrogen-bond acceptors (Lipinski definition) is 4. The number of rotatable bonds is 4. The average Bonchev–Trinajstić information content (AvgIpc) is 3.05. The molecule has 0 saturated carbocycles. The maximum absolute atomic E-state index is 12.8. The minimum absolute atomic E-state index is 0.00258. The fourth-order valence-electron chi connectivity index (χ4n) is 4.19. The van der Waals surface area contributed by atoms with Gasteiger partial charge in [0.25, 0.3) is 11.8 Å². The number of ether oxygens (including phenoxy) is 1. The van der Waals surface area contributed by atoms with Crippen LogP contribution in [-0.2, 0) is 4.74 Å². The third kappa shape index (κ3) is 5.07. The monoisotopic (exact) mass is 407 g/mol. The Morgan fingerprint density at radius 3 is 2.07 bits per heavy atom. The number of carbonyl (C=O) groups excluding carboxylic acids is 2. The van der Waals surface area contributed by atoms with Gasteiger partial charge in [-0.1, -0.05) is 36.4 Å². The average molecular weight is 408 g/mol. The molecule has 2 aromatic rings. The summed E-state index contributed by atoms with van der Waals surface area (Å²) in [7, 11) is 0. The number of nitrogens with zero attached hydrogens (tertiary/aromatic N) is 3. The summed E-state index contributed by atoms with van der Waals surface area (Å²) in [6.45, 7) is 5.83. The molecule has 0 aliphatic carbocycles. The quantitative estimate of drug-likeness (QED) is 0.781. The van der Waals surface area contributed by atoms with E-state index in [0.29, 0.717) is 26.2 Å². The molecule has 6 nitrogen and oxygen atoms in total. The number of hydrogen-bond donors (Lipinski definition) is 0. The van der Waals surface area contributed by atoms with Crippen molar-refractivity contribution in [3.8, 4) is 0 Å². The molecule has 2 amide bonds. The van der Waals surface area contributed by atoms with Crippen LogP contribution < -0.4 is 0 Å². The Bertz CT molecular complexity index is 843. The maximum Gasteiger partial charge on any atom is 0.254 e. The lowest BCUT2D eigenvalue weighted by atomic mass is 10.1. The van der Waals surface area contributed by atoms with E-state index in [1.807, 2.05) is 70.5 Å². The highest BCUT2D eigenvalue weighted by Gasteiger charge is 2.28. The lowest BCUT2D eigenvalue weighted by molar-refractivity contribution is -0.0353. The van der Waals surface area contributed by atoms with Gasteiger partial charge in [-0.3, -0.25) is 14.5 Å². The van der Waals surface area contributed by atoms with Crippen LogP contribution >= 0.6 is 0 Å². The molecule has 0 spiro atoms. The number of amides is 2. The Morgan fingerprint density at radius 2 is 1.40 bits per heavy atom. The largest absolute Gasteiger partial charge is 0.373 e. The molecule has 2 aliphatic heterocycles. The molecule has 158 valence electrons. The molecule has 2 aromatic carbocycles. The van der Waals surface area contributed by atoms with Crippen molar-refractivity contribution in [3.63, 3.8) is 0 Å². The van der Waals surface area contributed by atoms with Gasteiger partial charge in [0.05, 0.1) is 12.7 Å². The predicted molar refractivity (Wildman–Crippen MR) is 115 cm³/mol. The van der Waals surface area contributed by atoms with Crippen LogP contribution in [0, 0.1) is 0 Å². The van der Waals surface area contributed by atoms with E-state index in [9.17, 15) is 9.59 Å². The highest BCUT2D eigenvalue weighted by Crippen LogP contribution is 2.14. The van der Waals surface area contributed by atoms with Gasteiger partial charge in [0.15, 0.2) is 0 Å². The van der Waals surface area contributed by atoms with Crippen molar-refractivity contribution in [1.82, 2.24) is 14.7 Å². The second-order valence-electron chi connectivity index (χ2n) is 7.92. The van der Waals surface area contributed by atoms with Gasteiger partial charge in [-0.05, 0) is 37.2 Å². The fraction of sp³-hybridized carbons (Fsp3) is 0.417. The first-order valence-corrected chi connectivity index (χ1v) is 10.7. The molecule has 4 rings (SSSR count). The Kier molecular flexibility index (Phi) is 6.77. The van der Waals surface area contributed by atoms with Gasteiger partial charge in [-0.15, -0.1) is 0 Å². The minimum atomic E-state index is 0.00258. The third-order valence-corrected chi connectivity index (χ3v) is 5.81. The summed E-state index contributed by atoms with van der Waals surface area (Å²) < 4.78 is 5.97. The summed E-state index contributed by atoms with van der Waals surface area (Å²) in [5.74, 6) is 0.172. The molecule has 2 saturated heterocycles. The van der Waals surface area contributed by atoms with Crippen LogP contribution in [0.3, 0.4) is 0 Å². The van der Waals surface area contributed by atoms with E-state index in [4.69, 9.17) is 4.74 Å². The molecule has 1 atom stereocenters. The maximum atomic E-state index is 12.8. The van der Waals surface area contributed by atoms with Crippen LogP contribution in [0.4, 0.5) is 0 Å². The van der Waals surface area contributed by atoms with Crippen molar-refractivity contribution in [2.24, 2.45) is 0 Å². The summed E-state index contributed by atoms with van der Waals surface area (Å²) >= 11 is 0. The number of carbonyl (C=O) groups is 2. The van der Waals surface area contributed by atoms with Gasteiger partial charge in [0, 0.05) is 50.4 Å². The standard InChI is InChI=1S/C24H29N3O3/c28-23(20-8-3-1-4-9-20)26-13-7-12-25(14-15-26)18-22-19-27(16-17-30-22)24(29)21-10-5-2-6-11-21/h1-6,8-11,22H,7,12-19H2. The van der Waals surface area contributed by atoms with Gasteiger partial charge < -0.3 is 14.5 Å². The molecule has 0 N–H and O–H groups in total. The normalized spacial score (nSPS) is 20.6. The zero-order chi connectivity index (χ0) is 20.8. The van der Waals surface area contributed by atoms with E-state index in [-0.39, 0.29) is 17.9 Å². The minimum Gasteiger partial charge on any atom is -0.373 e. The van der Waals surface area contributed by atoms with E-state index in [1.165, 1.54) is 0 Å². The number of morpholine rings is 1. The van der Waals surface area contributed by atoms with Gasteiger partial charge >= 0.3 is 0 Å². The Hall–Kier alpha value is -2.70. The van der Waals surface area contributed by atoms with Gasteiger partial charge in [0.1, 0.15) is 0 Å². The van der Waals surface area contributed by atoms with Crippen LogP contribution in [0.2, 0.25) is 0 Å². The topological polar surface area (TPSA) is 53.1 Å². The van der Waals surface area contributed by atoms with Gasteiger partial charge in [-0.2, -0.15) is 0 Å². The molecule has 0 bridgehead atoms. The van der Waals surface area contributed by atoms with E-state index < -0.39 is 0 Å². The molecule has 6 heteroatoms. The molecular weight excluding hydrogens is 378 g/mol. The zero-order valence-electron chi connectivity index (χ0n) is 17.3. The van der Waals surface area contributed by atoms with Crippen molar-refractivity contribution in [2.75, 3.05) is 52.4 Å². The van der Waals surface area contributed by atoms with E-state index in [2.05, 4.69) is 4.90 Å². The summed E-state index contributed by atoms with van der Waals surface area (Å²) in [5.41, 5.74) is 1.47. The van der Waals surface area contributed by atoms with Crippen LogP contribution in [0.25, 0.3) is 0 Å². The molecule has 1 unspecified atom stereocenters. The zero-order valence-corrected chi connectivity index (χ0v) is 17.3. The second-order valence-corrected chi connectivity index (χ2v) is 7.92. The first kappa shape index (κ1) is 20.6. The molecule has 2 aliphatic rings. The lowest BCUT2D eigenvalue weighted by Gasteiger charge is -2.35. The summed E-state index contributed by atoms with van der Waals surface area (Å²) in [4.78, 5) is 31.7. The first-order valence-electron chi connectivity index (χ1n) is 10.7. The van der Waals surface area contributed by atoms with Crippen LogP contribution in [-0.4, -0.2) is 85.0 Å². The first-order chi connectivity index (χ1) is 14.7. The molecule has 2 heterocycles. The summed E-state index contributed by atoms with van der Waals surface area (Å²) in [6, 6.07) is 18.9. The van der Waals surface area contributed by atoms with Gasteiger partial charge in [0.2, 0.25) is 0 Å². The van der Waals surface area contributed by atoms with Gasteiger partial charge in [-0.25, -0.2) is 0 Å². The van der Waals surface area contributed by atoms with Crippen LogP contribution in [0.5, 0.6) is 0 Å². The molecule has 30 heavy (non-hydrogen) atoms. The van der Waals surface area contributed by atoms with Crippen molar-refractivity contribution in [1.29, 1.82) is 0 Å². The third-order valence-electron chi connectivity index (χ3n) is 5.81. The lowest BCUT2D eigenvalue weighted by Crippen LogP contribution is -2.50. The summed E-state index contributed by atoms with van der Waals surface area (Å²) in [5, 5.41) is 0. The SMILES string of the molecule is O=C(c1ccccc1)N1CCCN(CC2CN(C(=O)c3ccccc3)CCO2)CC1. The molecule has 0 radical (unpaired) electrons. The van der Waals surface area contributed by atoms with Crippen LogP contribution in [0.1, 0.15) is 27.1 Å². The molecule has 0 aromatic heterocycles. The Balaban J connectivity index is 1.30. The Labute approximate surface area is 178 Å².